The van der Waals surface area contributed by atoms with Gasteiger partial charge in [-0.25, -0.2) is 0 Å². The van der Waals surface area contributed by atoms with E-state index in [4.69, 9.17) is 5.73 Å². The van der Waals surface area contributed by atoms with Gasteiger partial charge in [0.05, 0.1) is 5.92 Å². The van der Waals surface area contributed by atoms with E-state index < -0.39 is 5.54 Å². The lowest BCUT2D eigenvalue weighted by Gasteiger charge is -2.37. The number of amides is 1. The SMILES string of the molecule is CC1(N)CCCCC1C(=O)Nc1ccc(Cc2ccncc2)cc1. The van der Waals surface area contributed by atoms with E-state index in [1.807, 2.05) is 31.2 Å². The van der Waals surface area contributed by atoms with Crippen molar-refractivity contribution in [1.29, 1.82) is 0 Å². The Kier molecular flexibility index (Phi) is 4.95. The van der Waals surface area contributed by atoms with E-state index in [0.717, 1.165) is 37.8 Å². The molecule has 1 aliphatic rings. The normalized spacial score (nSPS) is 23.7. The summed E-state index contributed by atoms with van der Waals surface area (Å²) in [6.07, 6.45) is 8.45. The number of hydrogen-bond donors (Lipinski definition) is 2. The molecule has 0 bridgehead atoms. The van der Waals surface area contributed by atoms with Crippen LogP contribution < -0.4 is 11.1 Å². The molecule has 2 aromatic rings. The van der Waals surface area contributed by atoms with Crippen LogP contribution in [-0.2, 0) is 11.2 Å². The Labute approximate surface area is 143 Å². The molecule has 24 heavy (non-hydrogen) atoms. The van der Waals surface area contributed by atoms with Crippen LogP contribution in [0.3, 0.4) is 0 Å². The number of hydrogen-bond acceptors (Lipinski definition) is 3. The maximum absolute atomic E-state index is 12.6. The van der Waals surface area contributed by atoms with Crippen LogP contribution >= 0.6 is 0 Å². The van der Waals surface area contributed by atoms with Gasteiger partial charge >= 0.3 is 0 Å². The minimum atomic E-state index is -0.399. The Balaban J connectivity index is 1.62. The van der Waals surface area contributed by atoms with Crippen molar-refractivity contribution in [3.05, 3.63) is 59.9 Å². The van der Waals surface area contributed by atoms with E-state index in [0.29, 0.717) is 0 Å². The monoisotopic (exact) mass is 323 g/mol. The zero-order valence-corrected chi connectivity index (χ0v) is 14.2. The third-order valence-electron chi connectivity index (χ3n) is 4.95. The van der Waals surface area contributed by atoms with Crippen LogP contribution in [0.25, 0.3) is 0 Å². The number of rotatable bonds is 4. The van der Waals surface area contributed by atoms with Crippen LogP contribution in [0.1, 0.15) is 43.7 Å². The van der Waals surface area contributed by atoms with E-state index in [1.165, 1.54) is 11.1 Å². The molecule has 1 heterocycles. The molecule has 0 saturated heterocycles. The van der Waals surface area contributed by atoms with Crippen molar-refractivity contribution in [3.63, 3.8) is 0 Å². The fraction of sp³-hybridized carbons (Fsp3) is 0.400. The molecule has 3 rings (SSSR count). The average molecular weight is 323 g/mol. The zero-order chi connectivity index (χ0) is 17.0. The van der Waals surface area contributed by atoms with Crippen LogP contribution in [0.4, 0.5) is 5.69 Å². The predicted octanol–water partition coefficient (Wildman–Crippen LogP) is 3.52. The molecule has 2 atom stereocenters. The number of carbonyl (C=O) groups excluding carboxylic acids is 1. The lowest BCUT2D eigenvalue weighted by Crippen LogP contribution is -2.51. The van der Waals surface area contributed by atoms with Gasteiger partial charge in [-0.3, -0.25) is 9.78 Å². The van der Waals surface area contributed by atoms with Crippen LogP contribution in [0, 0.1) is 5.92 Å². The van der Waals surface area contributed by atoms with Crippen LogP contribution in [0.5, 0.6) is 0 Å². The summed E-state index contributed by atoms with van der Waals surface area (Å²) in [5.41, 5.74) is 9.19. The highest BCUT2D eigenvalue weighted by Gasteiger charge is 2.37. The summed E-state index contributed by atoms with van der Waals surface area (Å²) in [5, 5.41) is 3.03. The van der Waals surface area contributed by atoms with Crippen molar-refractivity contribution in [2.75, 3.05) is 5.32 Å². The van der Waals surface area contributed by atoms with E-state index in [1.54, 1.807) is 12.4 Å². The Morgan fingerprint density at radius 3 is 2.50 bits per heavy atom. The Morgan fingerprint density at radius 1 is 1.17 bits per heavy atom. The van der Waals surface area contributed by atoms with Gasteiger partial charge in [0.2, 0.25) is 5.91 Å². The van der Waals surface area contributed by atoms with E-state index >= 15 is 0 Å². The van der Waals surface area contributed by atoms with Gasteiger partial charge < -0.3 is 11.1 Å². The van der Waals surface area contributed by atoms with Crippen LogP contribution in [0.2, 0.25) is 0 Å². The minimum Gasteiger partial charge on any atom is -0.326 e. The number of anilines is 1. The molecule has 0 aliphatic heterocycles. The van der Waals surface area contributed by atoms with Crippen LogP contribution in [-0.4, -0.2) is 16.4 Å². The van der Waals surface area contributed by atoms with Crippen molar-refractivity contribution in [3.8, 4) is 0 Å². The Morgan fingerprint density at radius 2 is 1.83 bits per heavy atom. The molecule has 4 nitrogen and oxygen atoms in total. The van der Waals surface area contributed by atoms with Gasteiger partial charge in [-0.05, 0) is 61.6 Å². The second-order valence-corrected chi connectivity index (χ2v) is 7.02. The van der Waals surface area contributed by atoms with Gasteiger partial charge in [0.1, 0.15) is 0 Å². The minimum absolute atomic E-state index is 0.0431. The second-order valence-electron chi connectivity index (χ2n) is 7.02. The number of aromatic nitrogens is 1. The Bertz CT molecular complexity index is 680. The van der Waals surface area contributed by atoms with Crippen LogP contribution in [0.15, 0.2) is 48.8 Å². The maximum Gasteiger partial charge on any atom is 0.229 e. The molecule has 1 amide bonds. The summed E-state index contributed by atoms with van der Waals surface area (Å²) < 4.78 is 0. The van der Waals surface area contributed by atoms with Crippen molar-refractivity contribution >= 4 is 11.6 Å². The largest absolute Gasteiger partial charge is 0.326 e. The molecule has 0 spiro atoms. The fourth-order valence-electron chi connectivity index (χ4n) is 3.46. The first kappa shape index (κ1) is 16.7. The molecule has 1 saturated carbocycles. The number of nitrogens with one attached hydrogen (secondary N) is 1. The third-order valence-corrected chi connectivity index (χ3v) is 4.95. The van der Waals surface area contributed by atoms with Gasteiger partial charge in [-0.15, -0.1) is 0 Å². The summed E-state index contributed by atoms with van der Waals surface area (Å²) in [4.78, 5) is 16.6. The van der Waals surface area contributed by atoms with Gasteiger partial charge in [-0.2, -0.15) is 0 Å². The van der Waals surface area contributed by atoms with Gasteiger partial charge in [0, 0.05) is 23.6 Å². The van der Waals surface area contributed by atoms with Gasteiger partial charge in [0.15, 0.2) is 0 Å². The molecule has 4 heteroatoms. The summed E-state index contributed by atoms with van der Waals surface area (Å²) in [6, 6.07) is 12.1. The maximum atomic E-state index is 12.6. The molecule has 1 aliphatic carbocycles. The fourth-order valence-corrected chi connectivity index (χ4v) is 3.46. The number of nitrogens with zero attached hydrogens (tertiary/aromatic N) is 1. The van der Waals surface area contributed by atoms with E-state index in [2.05, 4.69) is 22.4 Å². The lowest BCUT2D eigenvalue weighted by atomic mass is 9.74. The number of nitrogens with two attached hydrogens (primary N) is 1. The molecular formula is C20H25N3O. The van der Waals surface area contributed by atoms with Gasteiger partial charge in [0.25, 0.3) is 0 Å². The highest BCUT2D eigenvalue weighted by molar-refractivity contribution is 5.93. The average Bonchev–Trinajstić information content (AvgIpc) is 2.57. The highest BCUT2D eigenvalue weighted by atomic mass is 16.1. The second kappa shape index (κ2) is 7.14. The molecule has 1 aromatic carbocycles. The molecular weight excluding hydrogens is 298 g/mol. The van der Waals surface area contributed by atoms with E-state index in [9.17, 15) is 4.79 Å². The molecule has 1 fully saturated rings. The summed E-state index contributed by atoms with van der Waals surface area (Å²) in [5.74, 6) is -0.0654. The first-order chi connectivity index (χ1) is 11.5. The molecule has 2 unspecified atom stereocenters. The Hall–Kier alpha value is -2.20. The van der Waals surface area contributed by atoms with Crippen molar-refractivity contribution in [1.82, 2.24) is 4.98 Å². The highest BCUT2D eigenvalue weighted by Crippen LogP contribution is 2.32. The first-order valence-electron chi connectivity index (χ1n) is 8.62. The first-order valence-corrected chi connectivity index (χ1v) is 8.62. The van der Waals surface area contributed by atoms with Crippen molar-refractivity contribution in [2.45, 2.75) is 44.6 Å². The summed E-state index contributed by atoms with van der Waals surface area (Å²) >= 11 is 0. The summed E-state index contributed by atoms with van der Waals surface area (Å²) in [7, 11) is 0. The molecule has 3 N–H and O–H groups in total. The smallest absolute Gasteiger partial charge is 0.229 e. The quantitative estimate of drug-likeness (QED) is 0.904. The molecule has 1 aromatic heterocycles. The van der Waals surface area contributed by atoms with Gasteiger partial charge in [-0.1, -0.05) is 25.0 Å². The number of pyridine rings is 1. The number of benzene rings is 1. The molecule has 126 valence electrons. The molecule has 0 radical (unpaired) electrons. The third kappa shape index (κ3) is 4.01. The van der Waals surface area contributed by atoms with Crippen molar-refractivity contribution in [2.24, 2.45) is 11.7 Å². The lowest BCUT2D eigenvalue weighted by molar-refractivity contribution is -0.122. The standard InChI is InChI=1S/C20H25N3O/c1-20(21)11-3-2-4-18(20)19(24)23-17-7-5-15(6-8-17)14-16-9-12-22-13-10-16/h5-10,12-13,18H,2-4,11,14,21H2,1H3,(H,23,24). The van der Waals surface area contributed by atoms with Crippen molar-refractivity contribution < 1.29 is 4.79 Å². The topological polar surface area (TPSA) is 68.0 Å². The zero-order valence-electron chi connectivity index (χ0n) is 14.2. The predicted molar refractivity (Wildman–Crippen MR) is 96.7 cm³/mol. The summed E-state index contributed by atoms with van der Waals surface area (Å²) in [6.45, 7) is 1.99. The number of carbonyl (C=O) groups is 1. The van der Waals surface area contributed by atoms with E-state index in [-0.39, 0.29) is 11.8 Å².